The lowest BCUT2D eigenvalue weighted by atomic mass is 10.1. The highest BCUT2D eigenvalue weighted by molar-refractivity contribution is 7.98. The summed E-state index contributed by atoms with van der Waals surface area (Å²) in [5, 5.41) is 21.8. The zero-order valence-electron chi connectivity index (χ0n) is 11.0. The van der Waals surface area contributed by atoms with Gasteiger partial charge in [0.1, 0.15) is 11.1 Å². The molecule has 21 heavy (non-hydrogen) atoms. The molecule has 1 rings (SSSR count). The summed E-state index contributed by atoms with van der Waals surface area (Å²) in [6.45, 7) is 0. The van der Waals surface area contributed by atoms with Crippen molar-refractivity contribution < 1.29 is 19.6 Å². The molecule has 1 amide bonds. The lowest BCUT2D eigenvalue weighted by molar-refractivity contribution is -0.384. The van der Waals surface area contributed by atoms with E-state index >= 15 is 0 Å². The summed E-state index contributed by atoms with van der Waals surface area (Å²) in [6, 6.07) is 2.46. The van der Waals surface area contributed by atoms with Gasteiger partial charge in [-0.3, -0.25) is 14.9 Å². The number of benzene rings is 1. The first-order valence-electron chi connectivity index (χ1n) is 5.83. The van der Waals surface area contributed by atoms with Crippen LogP contribution in [0.25, 0.3) is 0 Å². The van der Waals surface area contributed by atoms with E-state index in [9.17, 15) is 19.7 Å². The largest absolute Gasteiger partial charge is 0.480 e. The fraction of sp³-hybridized carbons (Fsp3) is 0.333. The summed E-state index contributed by atoms with van der Waals surface area (Å²) in [5.41, 5.74) is -0.244. The van der Waals surface area contributed by atoms with Crippen molar-refractivity contribution in [2.24, 2.45) is 0 Å². The zero-order valence-corrected chi connectivity index (χ0v) is 12.6. The van der Waals surface area contributed by atoms with Crippen molar-refractivity contribution in [2.75, 3.05) is 12.0 Å². The molecule has 0 bridgehead atoms. The van der Waals surface area contributed by atoms with Crippen LogP contribution in [0.4, 0.5) is 5.69 Å². The van der Waals surface area contributed by atoms with E-state index in [1.807, 2.05) is 6.26 Å². The van der Waals surface area contributed by atoms with Crippen LogP contribution in [0.15, 0.2) is 18.2 Å². The zero-order chi connectivity index (χ0) is 16.0. The number of thioether (sulfide) groups is 1. The minimum Gasteiger partial charge on any atom is -0.480 e. The molecule has 0 radical (unpaired) electrons. The van der Waals surface area contributed by atoms with Gasteiger partial charge in [-0.25, -0.2) is 4.79 Å². The number of amides is 1. The Morgan fingerprint density at radius 2 is 2.19 bits per heavy atom. The number of nitro benzene ring substituents is 1. The van der Waals surface area contributed by atoms with Gasteiger partial charge in [0.2, 0.25) is 0 Å². The highest BCUT2D eigenvalue weighted by atomic mass is 35.5. The van der Waals surface area contributed by atoms with E-state index in [0.717, 1.165) is 12.1 Å². The molecule has 114 valence electrons. The monoisotopic (exact) mass is 332 g/mol. The lowest BCUT2D eigenvalue weighted by Crippen LogP contribution is -2.41. The number of carboxylic acids is 1. The van der Waals surface area contributed by atoms with Crippen LogP contribution in [0.2, 0.25) is 5.02 Å². The average molecular weight is 333 g/mol. The molecule has 0 aliphatic carbocycles. The number of nitro groups is 1. The maximum absolute atomic E-state index is 11.9. The number of hydrogen-bond donors (Lipinski definition) is 2. The van der Waals surface area contributed by atoms with Gasteiger partial charge in [0, 0.05) is 11.6 Å². The first-order valence-corrected chi connectivity index (χ1v) is 7.60. The molecule has 0 aliphatic rings. The Kier molecular flexibility index (Phi) is 6.44. The van der Waals surface area contributed by atoms with Crippen LogP contribution in [0.1, 0.15) is 16.8 Å². The number of rotatable bonds is 7. The Bertz CT molecular complexity index is 567. The molecular weight excluding hydrogens is 320 g/mol. The molecule has 0 fully saturated rings. The number of halogens is 1. The van der Waals surface area contributed by atoms with Gasteiger partial charge in [-0.1, -0.05) is 11.6 Å². The summed E-state index contributed by atoms with van der Waals surface area (Å²) in [4.78, 5) is 33.0. The Balaban J connectivity index is 2.85. The molecule has 9 heteroatoms. The van der Waals surface area contributed by atoms with Gasteiger partial charge in [-0.15, -0.1) is 0 Å². The third-order valence-corrected chi connectivity index (χ3v) is 3.57. The van der Waals surface area contributed by atoms with Gasteiger partial charge in [-0.2, -0.15) is 11.8 Å². The predicted molar refractivity (Wildman–Crippen MR) is 80.0 cm³/mol. The van der Waals surface area contributed by atoms with Crippen LogP contribution in [-0.4, -0.2) is 40.0 Å². The quantitative estimate of drug-likeness (QED) is 0.585. The van der Waals surface area contributed by atoms with Crippen LogP contribution in [0, 0.1) is 10.1 Å². The number of carbonyl (C=O) groups is 2. The Labute approximate surface area is 129 Å². The average Bonchev–Trinajstić information content (AvgIpc) is 2.42. The van der Waals surface area contributed by atoms with Gasteiger partial charge >= 0.3 is 5.97 Å². The van der Waals surface area contributed by atoms with E-state index < -0.39 is 22.8 Å². The normalized spacial score (nSPS) is 11.7. The van der Waals surface area contributed by atoms with Crippen molar-refractivity contribution in [1.29, 1.82) is 0 Å². The molecule has 2 N–H and O–H groups in total. The van der Waals surface area contributed by atoms with Crippen LogP contribution < -0.4 is 5.32 Å². The molecule has 0 aromatic heterocycles. The molecule has 0 aliphatic heterocycles. The smallest absolute Gasteiger partial charge is 0.326 e. The van der Waals surface area contributed by atoms with E-state index in [1.54, 1.807) is 0 Å². The van der Waals surface area contributed by atoms with E-state index in [1.165, 1.54) is 17.8 Å². The number of nitrogens with zero attached hydrogens (tertiary/aromatic N) is 1. The maximum Gasteiger partial charge on any atom is 0.326 e. The fourth-order valence-corrected chi connectivity index (χ4v) is 2.25. The van der Waals surface area contributed by atoms with Crippen molar-refractivity contribution >= 4 is 40.9 Å². The van der Waals surface area contributed by atoms with Crippen LogP contribution in [0.3, 0.4) is 0 Å². The molecule has 0 spiro atoms. The predicted octanol–water partition coefficient (Wildman–Crippen LogP) is 2.18. The van der Waals surface area contributed by atoms with Gasteiger partial charge < -0.3 is 10.4 Å². The summed E-state index contributed by atoms with van der Waals surface area (Å²) in [7, 11) is 0. The van der Waals surface area contributed by atoms with Crippen LogP contribution in [0.5, 0.6) is 0 Å². The second kappa shape index (κ2) is 7.84. The van der Waals surface area contributed by atoms with Crippen LogP contribution >= 0.6 is 23.4 Å². The topological polar surface area (TPSA) is 110 Å². The van der Waals surface area contributed by atoms with Gasteiger partial charge in [0.05, 0.1) is 4.92 Å². The summed E-state index contributed by atoms with van der Waals surface area (Å²) < 4.78 is 0. The Morgan fingerprint density at radius 3 is 2.67 bits per heavy atom. The maximum atomic E-state index is 11.9. The summed E-state index contributed by atoms with van der Waals surface area (Å²) in [6.07, 6.45) is 2.11. The van der Waals surface area contributed by atoms with E-state index in [2.05, 4.69) is 5.32 Å². The molecule has 1 aromatic carbocycles. The molecule has 0 saturated heterocycles. The van der Waals surface area contributed by atoms with Gasteiger partial charge in [0.15, 0.2) is 0 Å². The standard InChI is InChI=1S/C12H13ClN2O5S/c1-21-5-4-9(12(17)18)14-11(16)7-2-3-10(15(19)20)8(13)6-7/h2-3,6,9H,4-5H2,1H3,(H,14,16)(H,17,18)/t9-/m1/s1. The molecule has 1 aromatic rings. The molecular formula is C12H13ClN2O5S. The molecule has 7 nitrogen and oxygen atoms in total. The van der Waals surface area contributed by atoms with Crippen molar-refractivity contribution in [3.63, 3.8) is 0 Å². The molecule has 0 saturated carbocycles. The fourth-order valence-electron chi connectivity index (χ4n) is 1.53. The first-order chi connectivity index (χ1) is 9.86. The number of aliphatic carboxylic acids is 1. The highest BCUT2D eigenvalue weighted by Crippen LogP contribution is 2.24. The van der Waals surface area contributed by atoms with E-state index in [4.69, 9.17) is 16.7 Å². The summed E-state index contributed by atoms with van der Waals surface area (Å²) in [5.74, 6) is -1.19. The van der Waals surface area contributed by atoms with Crippen molar-refractivity contribution in [3.8, 4) is 0 Å². The van der Waals surface area contributed by atoms with E-state index in [-0.39, 0.29) is 22.7 Å². The minimum atomic E-state index is -1.13. The van der Waals surface area contributed by atoms with Gasteiger partial charge in [0.25, 0.3) is 11.6 Å². The number of carbonyl (C=O) groups excluding carboxylic acids is 1. The highest BCUT2D eigenvalue weighted by Gasteiger charge is 2.21. The Morgan fingerprint density at radius 1 is 1.52 bits per heavy atom. The minimum absolute atomic E-state index is 0.0704. The molecule has 1 atom stereocenters. The second-order valence-corrected chi connectivity index (χ2v) is 5.46. The molecule has 0 heterocycles. The van der Waals surface area contributed by atoms with E-state index in [0.29, 0.717) is 5.75 Å². The second-order valence-electron chi connectivity index (χ2n) is 4.07. The third kappa shape index (κ3) is 4.91. The SMILES string of the molecule is CSCC[C@@H](NC(=O)c1ccc([N+](=O)[O-])c(Cl)c1)C(=O)O. The third-order valence-electron chi connectivity index (χ3n) is 2.62. The first kappa shape index (κ1) is 17.3. The number of hydrogen-bond acceptors (Lipinski definition) is 5. The van der Waals surface area contributed by atoms with Crippen molar-refractivity contribution in [2.45, 2.75) is 12.5 Å². The van der Waals surface area contributed by atoms with Gasteiger partial charge in [-0.05, 0) is 30.6 Å². The summed E-state index contributed by atoms with van der Waals surface area (Å²) >= 11 is 7.18. The van der Waals surface area contributed by atoms with Crippen molar-refractivity contribution in [1.82, 2.24) is 5.32 Å². The van der Waals surface area contributed by atoms with Crippen molar-refractivity contribution in [3.05, 3.63) is 38.9 Å². The number of nitrogens with one attached hydrogen (secondary N) is 1. The Hall–Kier alpha value is -1.80. The number of carboxylic acid groups (broad SMARTS) is 1. The lowest BCUT2D eigenvalue weighted by Gasteiger charge is -2.14. The molecule has 0 unspecified atom stereocenters. The van der Waals surface area contributed by atoms with Crippen LogP contribution in [-0.2, 0) is 4.79 Å².